The van der Waals surface area contributed by atoms with Gasteiger partial charge in [-0.05, 0) is 32.2 Å². The number of nitrogens with zero attached hydrogens (tertiary/aromatic N) is 5. The maximum Gasteiger partial charge on any atom is 0.417 e. The van der Waals surface area contributed by atoms with Crippen LogP contribution in [0.1, 0.15) is 22.8 Å². The number of alkyl halides is 3. The Balaban J connectivity index is 1.56. The lowest BCUT2D eigenvalue weighted by Crippen LogP contribution is -2.50. The monoisotopic (exact) mass is 575 g/mol. The molecule has 2 aliphatic heterocycles. The summed E-state index contributed by atoms with van der Waals surface area (Å²) in [5.41, 5.74) is -2.42. The maximum absolute atomic E-state index is 15.7. The molecule has 2 aliphatic rings. The number of aromatic nitrogens is 3. The van der Waals surface area contributed by atoms with Crippen LogP contribution in [0.5, 0.6) is 0 Å². The van der Waals surface area contributed by atoms with Gasteiger partial charge in [-0.2, -0.15) is 13.2 Å². The third-order valence-corrected chi connectivity index (χ3v) is 7.32. The van der Waals surface area contributed by atoms with E-state index in [4.69, 9.17) is 4.74 Å². The third-order valence-electron chi connectivity index (χ3n) is 7.32. The molecule has 2 aromatic heterocycles. The molecule has 5 rings (SSSR count). The Morgan fingerprint density at radius 3 is 2.59 bits per heavy atom. The number of H-pyrrole nitrogens is 1. The van der Waals surface area contributed by atoms with Crippen LogP contribution < -0.4 is 20.7 Å². The summed E-state index contributed by atoms with van der Waals surface area (Å²) >= 11 is 0. The van der Waals surface area contributed by atoms with E-state index in [9.17, 15) is 22.8 Å². The number of benzene rings is 1. The molecule has 0 bridgehead atoms. The van der Waals surface area contributed by atoms with Crippen molar-refractivity contribution in [3.8, 4) is 11.3 Å². The van der Waals surface area contributed by atoms with Crippen LogP contribution in [0.2, 0.25) is 0 Å². The van der Waals surface area contributed by atoms with Crippen LogP contribution in [0.4, 0.5) is 34.9 Å². The average Bonchev–Trinajstić information content (AvgIpc) is 2.95. The van der Waals surface area contributed by atoms with Crippen molar-refractivity contribution >= 4 is 23.2 Å². The van der Waals surface area contributed by atoms with E-state index in [0.717, 1.165) is 6.20 Å². The summed E-state index contributed by atoms with van der Waals surface area (Å²) in [6.45, 7) is 5.79. The molecule has 1 unspecified atom stereocenters. The normalized spacial score (nSPS) is 18.4. The number of pyridine rings is 1. The molecular weight excluding hydrogens is 546 g/mol. The molecule has 10 nitrogen and oxygen atoms in total. The minimum absolute atomic E-state index is 0.0423. The number of nitrogens with one attached hydrogen (secondary N) is 2. The van der Waals surface area contributed by atoms with Gasteiger partial charge in [-0.3, -0.25) is 9.59 Å². The fourth-order valence-corrected chi connectivity index (χ4v) is 4.89. The number of anilines is 3. The number of piperazine rings is 1. The smallest absolute Gasteiger partial charge is 0.378 e. The number of carbonyl (C=O) groups excluding carboxylic acids is 1. The summed E-state index contributed by atoms with van der Waals surface area (Å²) < 4.78 is 62.1. The second kappa shape index (κ2) is 11.4. The average molecular weight is 576 g/mol. The fourth-order valence-electron chi connectivity index (χ4n) is 4.89. The van der Waals surface area contributed by atoms with Gasteiger partial charge in [0, 0.05) is 62.8 Å². The first-order chi connectivity index (χ1) is 19.5. The van der Waals surface area contributed by atoms with Gasteiger partial charge in [0.2, 0.25) is 11.5 Å². The summed E-state index contributed by atoms with van der Waals surface area (Å²) in [5.74, 6) is -1.33. The Morgan fingerprint density at radius 1 is 1.12 bits per heavy atom. The van der Waals surface area contributed by atoms with E-state index in [1.54, 1.807) is 0 Å². The van der Waals surface area contributed by atoms with Gasteiger partial charge in [0.15, 0.2) is 0 Å². The number of amides is 1. The van der Waals surface area contributed by atoms with Crippen LogP contribution >= 0.6 is 0 Å². The van der Waals surface area contributed by atoms with Gasteiger partial charge in [-0.1, -0.05) is 0 Å². The highest BCUT2D eigenvalue weighted by Gasteiger charge is 2.36. The van der Waals surface area contributed by atoms with E-state index >= 15 is 4.39 Å². The number of hydrogen-bond acceptors (Lipinski definition) is 8. The highest BCUT2D eigenvalue weighted by atomic mass is 19.4. The minimum atomic E-state index is -4.94. The van der Waals surface area contributed by atoms with Gasteiger partial charge in [-0.15, -0.1) is 0 Å². The lowest BCUT2D eigenvalue weighted by Gasteiger charge is -2.39. The standard InChI is InChI=1S/C27H29F4N7O3/c1-16-15-38(6-5-36(16)2)23-13-20(28)17(21-3-4-32-26(35-21)37-7-9-41-10-8-37)11-22(23)34-25(40)18-14-33-24(39)12-19(18)27(29,30)31/h3-4,11-14,16H,5-10,15H2,1-2H3,(H,33,39)(H,34,40). The molecule has 2 saturated heterocycles. The number of aromatic amines is 1. The molecule has 218 valence electrons. The van der Waals surface area contributed by atoms with Crippen LogP contribution in [-0.4, -0.2) is 84.8 Å². The number of hydrogen-bond donors (Lipinski definition) is 2. The van der Waals surface area contributed by atoms with Crippen molar-refractivity contribution < 1.29 is 27.1 Å². The van der Waals surface area contributed by atoms with E-state index in [0.29, 0.717) is 63.6 Å². The van der Waals surface area contributed by atoms with E-state index in [-0.39, 0.29) is 23.0 Å². The van der Waals surface area contributed by atoms with Crippen LogP contribution in [-0.2, 0) is 10.9 Å². The van der Waals surface area contributed by atoms with Gasteiger partial charge in [0.25, 0.3) is 5.91 Å². The topological polar surface area (TPSA) is 107 Å². The van der Waals surface area contributed by atoms with E-state index < -0.39 is 34.6 Å². The molecule has 3 aromatic rings. The predicted molar refractivity (Wildman–Crippen MR) is 145 cm³/mol. The lowest BCUT2D eigenvalue weighted by molar-refractivity contribution is -0.138. The van der Waals surface area contributed by atoms with Crippen LogP contribution in [0.3, 0.4) is 0 Å². The molecular formula is C27H29F4N7O3. The molecule has 1 aromatic carbocycles. The van der Waals surface area contributed by atoms with Crippen molar-refractivity contribution in [3.63, 3.8) is 0 Å². The SMILES string of the molecule is CC1CN(c2cc(F)c(-c3ccnc(N4CCOCC4)n3)cc2NC(=O)c2c[nH]c(=O)cc2C(F)(F)F)CCN1C. The molecule has 2 fully saturated rings. The van der Waals surface area contributed by atoms with Crippen LogP contribution in [0.15, 0.2) is 41.5 Å². The summed E-state index contributed by atoms with van der Waals surface area (Å²) in [6.07, 6.45) is -2.72. The van der Waals surface area contributed by atoms with Crippen molar-refractivity contribution in [1.82, 2.24) is 19.9 Å². The summed E-state index contributed by atoms with van der Waals surface area (Å²) in [5, 5.41) is 2.54. The zero-order valence-corrected chi connectivity index (χ0v) is 22.5. The van der Waals surface area contributed by atoms with Crippen molar-refractivity contribution in [3.05, 3.63) is 64.0 Å². The Kier molecular flexibility index (Phi) is 7.95. The number of carbonyl (C=O) groups is 1. The molecule has 4 heterocycles. The zero-order chi connectivity index (χ0) is 29.3. The lowest BCUT2D eigenvalue weighted by atomic mass is 10.1. The molecule has 1 atom stereocenters. The molecule has 0 spiro atoms. The highest BCUT2D eigenvalue weighted by Crippen LogP contribution is 2.36. The number of morpholine rings is 1. The van der Waals surface area contributed by atoms with Crippen LogP contribution in [0, 0.1) is 5.82 Å². The molecule has 0 aliphatic carbocycles. The van der Waals surface area contributed by atoms with Gasteiger partial charge in [0.05, 0.1) is 41.4 Å². The zero-order valence-electron chi connectivity index (χ0n) is 22.5. The third kappa shape index (κ3) is 6.17. The second-order valence-corrected chi connectivity index (χ2v) is 10.0. The maximum atomic E-state index is 15.7. The van der Waals surface area contributed by atoms with Crippen LogP contribution in [0.25, 0.3) is 11.3 Å². The van der Waals surface area contributed by atoms with Gasteiger partial charge in [-0.25, -0.2) is 14.4 Å². The largest absolute Gasteiger partial charge is 0.417 e. The van der Waals surface area contributed by atoms with Crippen molar-refractivity contribution in [2.75, 3.05) is 68.1 Å². The summed E-state index contributed by atoms with van der Waals surface area (Å²) in [4.78, 5) is 41.7. The van der Waals surface area contributed by atoms with Gasteiger partial charge >= 0.3 is 6.18 Å². The molecule has 2 N–H and O–H groups in total. The number of halogens is 4. The van der Waals surface area contributed by atoms with Crippen molar-refractivity contribution in [2.45, 2.75) is 19.1 Å². The molecule has 14 heteroatoms. The molecule has 41 heavy (non-hydrogen) atoms. The first kappa shape index (κ1) is 28.5. The van der Waals surface area contributed by atoms with Gasteiger partial charge in [0.1, 0.15) is 5.82 Å². The second-order valence-electron chi connectivity index (χ2n) is 10.0. The molecule has 1 amide bonds. The molecule has 0 saturated carbocycles. The van der Waals surface area contributed by atoms with E-state index in [1.807, 2.05) is 23.8 Å². The predicted octanol–water partition coefficient (Wildman–Crippen LogP) is 3.22. The Morgan fingerprint density at radius 2 is 1.88 bits per heavy atom. The van der Waals surface area contributed by atoms with E-state index in [1.165, 1.54) is 24.4 Å². The van der Waals surface area contributed by atoms with Crippen molar-refractivity contribution in [2.24, 2.45) is 0 Å². The van der Waals surface area contributed by atoms with Gasteiger partial charge < -0.3 is 29.7 Å². The number of likely N-dealkylation sites (N-methyl/N-ethyl adjacent to an activating group) is 1. The fraction of sp³-hybridized carbons (Fsp3) is 0.407. The Hall–Kier alpha value is -4.04. The highest BCUT2D eigenvalue weighted by molar-refractivity contribution is 6.07. The quantitative estimate of drug-likeness (QED) is 0.447. The Labute approximate surface area is 233 Å². The first-order valence-electron chi connectivity index (χ1n) is 13.1. The summed E-state index contributed by atoms with van der Waals surface area (Å²) in [7, 11) is 1.96. The summed E-state index contributed by atoms with van der Waals surface area (Å²) in [6, 6.07) is 4.59. The molecule has 0 radical (unpaired) electrons. The minimum Gasteiger partial charge on any atom is -0.378 e. The Bertz CT molecular complexity index is 1490. The number of ether oxygens (including phenoxy) is 1. The van der Waals surface area contributed by atoms with Crippen molar-refractivity contribution in [1.29, 1.82) is 0 Å². The first-order valence-corrected chi connectivity index (χ1v) is 13.1. The van der Waals surface area contributed by atoms with E-state index in [2.05, 4.69) is 25.2 Å². The number of rotatable bonds is 5.